The number of fused-ring (bicyclic) bond motifs is 2. The van der Waals surface area contributed by atoms with Gasteiger partial charge in [-0.05, 0) is 25.7 Å². The van der Waals surface area contributed by atoms with Crippen LogP contribution in [0.15, 0.2) is 84.8 Å². The van der Waals surface area contributed by atoms with Crippen LogP contribution in [-0.2, 0) is 24.9 Å². The van der Waals surface area contributed by atoms with Crippen molar-refractivity contribution < 1.29 is 30.0 Å². The number of allylic oxidation sites excluding steroid dienone is 2. The third-order valence-electron chi connectivity index (χ3n) is 10.4. The van der Waals surface area contributed by atoms with Crippen LogP contribution in [0.5, 0.6) is 0 Å². The van der Waals surface area contributed by atoms with E-state index >= 15 is 0 Å². The second kappa shape index (κ2) is 17.6. The maximum atomic E-state index is 11.9. The molecule has 2 aromatic heterocycles. The zero-order valence-corrected chi connectivity index (χ0v) is 36.3. The minimum Gasteiger partial charge on any atom is 0 e. The largest absolute Gasteiger partial charge is 0 e. The fraction of sp³-hybridized carbons (Fsp3) is 0.395. The van der Waals surface area contributed by atoms with Gasteiger partial charge >= 0.3 is 198 Å². The van der Waals surface area contributed by atoms with E-state index in [9.17, 15) is 9.90 Å². The van der Waals surface area contributed by atoms with E-state index in [1.807, 2.05) is 52.2 Å². The van der Waals surface area contributed by atoms with Crippen LogP contribution in [0.25, 0.3) is 32.1 Å². The first kappa shape index (κ1) is 40.9. The number of aliphatic hydroxyl groups excluding tert-OH is 1. The standard InChI is InChI=1S/C29H28GeNS.C14H26O2.Ir/c1-19(2)26-18-22(17-21-11-9-10-14-25(21)26)27-28-24(15-16-31-27)20(3)29(32-28)30(4,5)23-12-7-6-8-13-23;1-6-11(7-2)12(15)10-13(16)14(5,8-3)9-4;/h6-16,18-19H,1-5H3;10-11,16H,6-9H2,1-5H3;/q-1;;/b;13-10-;. The first-order valence-corrected chi connectivity index (χ1v) is 24.8. The van der Waals surface area contributed by atoms with E-state index < -0.39 is 13.3 Å². The third kappa shape index (κ3) is 8.85. The Balaban J connectivity index is 0.000000328. The number of aryl methyl sites for hydroxylation is 1. The molecule has 0 fully saturated rings. The Morgan fingerprint density at radius 3 is 2.16 bits per heavy atom. The van der Waals surface area contributed by atoms with Gasteiger partial charge in [0, 0.05) is 37.5 Å². The molecule has 0 unspecified atom stereocenters. The van der Waals surface area contributed by atoms with Crippen molar-refractivity contribution in [2.45, 2.75) is 98.5 Å². The Bertz CT molecular complexity index is 1880. The normalized spacial score (nSPS) is 12.3. The maximum Gasteiger partial charge on any atom is 0 e. The quantitative estimate of drug-likeness (QED) is 0.0622. The predicted octanol–water partition coefficient (Wildman–Crippen LogP) is 11.4. The minimum absolute atomic E-state index is 0. The summed E-state index contributed by atoms with van der Waals surface area (Å²) in [5, 5.41) is 13.8. The van der Waals surface area contributed by atoms with Crippen LogP contribution in [0.2, 0.25) is 11.5 Å². The third-order valence-corrected chi connectivity index (χ3v) is 21.8. The Hall–Kier alpha value is -2.57. The molecular formula is C43H54GeIrNO2S-. The molecule has 1 radical (unpaired) electrons. The van der Waals surface area contributed by atoms with Crippen molar-refractivity contribution in [2.75, 3.05) is 0 Å². The Morgan fingerprint density at radius 2 is 1.57 bits per heavy atom. The van der Waals surface area contributed by atoms with E-state index in [1.54, 1.807) is 3.71 Å². The van der Waals surface area contributed by atoms with Gasteiger partial charge in [-0.15, -0.1) is 0 Å². The summed E-state index contributed by atoms with van der Waals surface area (Å²) in [7, 11) is 0. The summed E-state index contributed by atoms with van der Waals surface area (Å²) >= 11 is -0.438. The number of ketones is 1. The molecule has 0 spiro atoms. The fourth-order valence-electron chi connectivity index (χ4n) is 6.52. The van der Waals surface area contributed by atoms with E-state index in [4.69, 9.17) is 4.98 Å². The van der Waals surface area contributed by atoms with Crippen LogP contribution in [0, 0.1) is 24.3 Å². The maximum absolute atomic E-state index is 11.9. The molecule has 0 aliphatic heterocycles. The smallest absolute Gasteiger partial charge is 0 e. The number of benzene rings is 3. The van der Waals surface area contributed by atoms with Crippen LogP contribution < -0.4 is 8.11 Å². The zero-order valence-electron chi connectivity index (χ0n) is 31.0. The number of hydrogen-bond acceptors (Lipinski definition) is 4. The molecule has 0 bridgehead atoms. The van der Waals surface area contributed by atoms with E-state index in [2.05, 4.69) is 105 Å². The molecule has 0 saturated carbocycles. The number of carbonyl (C=O) groups is 1. The van der Waals surface area contributed by atoms with Crippen LogP contribution >= 0.6 is 11.3 Å². The van der Waals surface area contributed by atoms with Gasteiger partial charge in [0.05, 0.1) is 0 Å². The molecule has 0 atom stereocenters. The SMILES string of the molecule is CCC(CC)C(=O)/C=C(\O)C(C)(CC)CC.Cc1[c]([Ge]([CH3])([CH3])[c]2ccccc2)sc2c(-c3[c-]c4ccccc4c(C(C)C)c3)nccc12.[Ir]. The van der Waals surface area contributed by atoms with Crippen LogP contribution in [0.1, 0.15) is 91.2 Å². The Kier molecular flexibility index (Phi) is 14.7. The van der Waals surface area contributed by atoms with Gasteiger partial charge in [-0.1, -0.05) is 34.6 Å². The molecule has 5 aromatic rings. The number of thiophene rings is 1. The van der Waals surface area contributed by atoms with Gasteiger partial charge in [0.25, 0.3) is 0 Å². The second-order valence-electron chi connectivity index (χ2n) is 14.1. The van der Waals surface area contributed by atoms with E-state index in [1.165, 1.54) is 42.5 Å². The van der Waals surface area contributed by atoms with Crippen LogP contribution in [-0.4, -0.2) is 29.1 Å². The molecule has 5 rings (SSSR count). The fourth-order valence-corrected chi connectivity index (χ4v) is 15.6. The number of aliphatic hydroxyl groups is 1. The Labute approximate surface area is 315 Å². The van der Waals surface area contributed by atoms with E-state index in [0.717, 1.165) is 36.9 Å². The molecule has 3 nitrogen and oxygen atoms in total. The number of nitrogens with zero attached hydrogens (tertiary/aromatic N) is 1. The number of rotatable bonds is 11. The first-order valence-electron chi connectivity index (χ1n) is 17.7. The molecule has 1 N–H and O–H groups in total. The topological polar surface area (TPSA) is 50.2 Å². The summed E-state index contributed by atoms with van der Waals surface area (Å²) in [4.78, 5) is 16.8. The number of hydrogen-bond donors (Lipinski definition) is 1. The molecule has 2 heterocycles. The van der Waals surface area contributed by atoms with Gasteiger partial charge < -0.3 is 5.11 Å². The zero-order chi connectivity index (χ0) is 35.2. The first-order chi connectivity index (χ1) is 22.8. The number of carbonyl (C=O) groups excluding carboxylic acids is 1. The van der Waals surface area contributed by atoms with Crippen molar-refractivity contribution in [3.8, 4) is 11.3 Å². The molecule has 6 heteroatoms. The molecule has 0 aliphatic rings. The van der Waals surface area contributed by atoms with E-state index in [0.29, 0.717) is 5.92 Å². The molecule has 0 aliphatic carbocycles. The molecule has 0 saturated heterocycles. The van der Waals surface area contributed by atoms with Gasteiger partial charge in [-0.3, -0.25) is 4.79 Å². The van der Waals surface area contributed by atoms with E-state index in [-0.39, 0.29) is 43.0 Å². The molecular weight excluding hydrogens is 859 g/mol. The van der Waals surface area contributed by atoms with Gasteiger partial charge in [-0.2, -0.15) is 0 Å². The monoisotopic (exact) mass is 915 g/mol. The molecule has 263 valence electrons. The van der Waals surface area contributed by atoms with Crippen molar-refractivity contribution in [3.63, 3.8) is 0 Å². The summed E-state index contributed by atoms with van der Waals surface area (Å²) in [5.41, 5.74) is 4.73. The minimum atomic E-state index is -2.41. The predicted molar refractivity (Wildman–Crippen MR) is 212 cm³/mol. The van der Waals surface area contributed by atoms with Crippen LogP contribution in [0.4, 0.5) is 0 Å². The number of pyridine rings is 1. The Morgan fingerprint density at radius 1 is 0.959 bits per heavy atom. The molecule has 3 aromatic carbocycles. The summed E-state index contributed by atoms with van der Waals surface area (Å²) < 4.78 is 4.41. The van der Waals surface area contributed by atoms with Gasteiger partial charge in [-0.25, -0.2) is 0 Å². The summed E-state index contributed by atoms with van der Waals surface area (Å²) in [6.45, 7) is 16.9. The average molecular weight is 914 g/mol. The van der Waals surface area contributed by atoms with Gasteiger partial charge in [0.15, 0.2) is 5.78 Å². The van der Waals surface area contributed by atoms with Crippen molar-refractivity contribution in [1.29, 1.82) is 0 Å². The average Bonchev–Trinajstić information content (AvgIpc) is 3.45. The van der Waals surface area contributed by atoms with Gasteiger partial charge in [0.1, 0.15) is 5.76 Å². The molecule has 0 amide bonds. The van der Waals surface area contributed by atoms with Crippen molar-refractivity contribution in [1.82, 2.24) is 4.98 Å². The van der Waals surface area contributed by atoms with Gasteiger partial charge in [0.2, 0.25) is 0 Å². The number of aromatic nitrogens is 1. The van der Waals surface area contributed by atoms with Crippen molar-refractivity contribution in [3.05, 3.63) is 102 Å². The van der Waals surface area contributed by atoms with Crippen molar-refractivity contribution in [2.24, 2.45) is 11.3 Å². The van der Waals surface area contributed by atoms with Crippen LogP contribution in [0.3, 0.4) is 0 Å². The summed E-state index contributed by atoms with van der Waals surface area (Å²) in [6.07, 6.45) is 6.80. The molecule has 49 heavy (non-hydrogen) atoms. The van der Waals surface area contributed by atoms with Crippen molar-refractivity contribution >= 4 is 59.4 Å². The summed E-state index contributed by atoms with van der Waals surface area (Å²) in [6, 6.07) is 27.9. The second-order valence-corrected chi connectivity index (χ2v) is 25.0. The summed E-state index contributed by atoms with van der Waals surface area (Å²) in [5.74, 6) is 5.84.